The van der Waals surface area contributed by atoms with Crippen molar-refractivity contribution in [2.24, 2.45) is 0 Å². The molecular weight excluding hydrogens is 353 g/mol. The molecule has 1 aliphatic heterocycles. The molecule has 0 radical (unpaired) electrons. The van der Waals surface area contributed by atoms with Crippen molar-refractivity contribution in [2.75, 3.05) is 13.1 Å². The van der Waals surface area contributed by atoms with Crippen molar-refractivity contribution in [2.45, 2.75) is 25.2 Å². The molecule has 1 aliphatic rings. The van der Waals surface area contributed by atoms with Crippen LogP contribution in [-0.2, 0) is 6.42 Å². The average molecular weight is 375 g/mol. The fourth-order valence-electron chi connectivity index (χ4n) is 3.76. The minimum atomic E-state index is -0.230. The highest BCUT2D eigenvalue weighted by Crippen LogP contribution is 2.27. The molecule has 3 heterocycles. The van der Waals surface area contributed by atoms with Gasteiger partial charge in [-0.1, -0.05) is 18.2 Å². The van der Waals surface area contributed by atoms with Gasteiger partial charge < -0.3 is 4.90 Å². The first-order chi connectivity index (χ1) is 13.7. The molecular formula is C23H22FN3O. The van der Waals surface area contributed by atoms with Gasteiger partial charge in [0, 0.05) is 54.8 Å². The third kappa shape index (κ3) is 4.25. The largest absolute Gasteiger partial charge is 0.338 e. The second-order valence-electron chi connectivity index (χ2n) is 7.19. The van der Waals surface area contributed by atoms with Crippen LogP contribution in [0.2, 0.25) is 0 Å². The fourth-order valence-corrected chi connectivity index (χ4v) is 3.76. The van der Waals surface area contributed by atoms with Crippen LogP contribution in [0.15, 0.2) is 67.0 Å². The average Bonchev–Trinajstić information content (AvgIpc) is 2.74. The van der Waals surface area contributed by atoms with E-state index in [1.54, 1.807) is 36.7 Å². The second kappa shape index (κ2) is 8.30. The number of carbonyl (C=O) groups is 1. The van der Waals surface area contributed by atoms with Gasteiger partial charge in [-0.15, -0.1) is 0 Å². The van der Waals surface area contributed by atoms with Crippen molar-refractivity contribution >= 4 is 5.91 Å². The molecule has 142 valence electrons. The van der Waals surface area contributed by atoms with Gasteiger partial charge in [0.15, 0.2) is 0 Å². The maximum absolute atomic E-state index is 13.4. The lowest BCUT2D eigenvalue weighted by Gasteiger charge is -2.32. The molecule has 1 fully saturated rings. The molecule has 0 N–H and O–H groups in total. The summed E-state index contributed by atoms with van der Waals surface area (Å²) in [6, 6.07) is 16.1. The molecule has 5 heteroatoms. The van der Waals surface area contributed by atoms with Crippen LogP contribution in [0.5, 0.6) is 0 Å². The zero-order chi connectivity index (χ0) is 19.3. The molecule has 0 unspecified atom stereocenters. The summed E-state index contributed by atoms with van der Waals surface area (Å²) in [6.45, 7) is 1.43. The standard InChI is InChI=1S/C23H22FN3O/c24-20-6-1-4-17(14-20)15-21-7-2-8-22(26-21)19-5-3-13-27(16-19)23(28)18-9-11-25-12-10-18/h1-2,4,6-12,14,19H,3,5,13,15-16H2/t19-/m1/s1. The van der Waals surface area contributed by atoms with Crippen molar-refractivity contribution < 1.29 is 9.18 Å². The van der Waals surface area contributed by atoms with Gasteiger partial charge in [-0.05, 0) is 54.8 Å². The summed E-state index contributed by atoms with van der Waals surface area (Å²) in [7, 11) is 0. The number of aromatic nitrogens is 2. The van der Waals surface area contributed by atoms with Crippen LogP contribution >= 0.6 is 0 Å². The number of hydrogen-bond donors (Lipinski definition) is 0. The lowest BCUT2D eigenvalue weighted by atomic mass is 9.93. The Bertz CT molecular complexity index is 961. The van der Waals surface area contributed by atoms with E-state index in [0.717, 1.165) is 36.3 Å². The first kappa shape index (κ1) is 18.3. The van der Waals surface area contributed by atoms with E-state index < -0.39 is 0 Å². The zero-order valence-electron chi connectivity index (χ0n) is 15.6. The fraction of sp³-hybridized carbons (Fsp3) is 0.261. The minimum absolute atomic E-state index is 0.0445. The van der Waals surface area contributed by atoms with E-state index in [1.165, 1.54) is 6.07 Å². The molecule has 4 nitrogen and oxygen atoms in total. The molecule has 28 heavy (non-hydrogen) atoms. The summed E-state index contributed by atoms with van der Waals surface area (Å²) >= 11 is 0. The van der Waals surface area contributed by atoms with Crippen LogP contribution in [0.1, 0.15) is 46.1 Å². The molecule has 2 aromatic heterocycles. The van der Waals surface area contributed by atoms with Crippen LogP contribution in [0.3, 0.4) is 0 Å². The second-order valence-corrected chi connectivity index (χ2v) is 7.19. The van der Waals surface area contributed by atoms with Gasteiger partial charge >= 0.3 is 0 Å². The Hall–Kier alpha value is -3.08. The molecule has 0 spiro atoms. The minimum Gasteiger partial charge on any atom is -0.338 e. The lowest BCUT2D eigenvalue weighted by Crippen LogP contribution is -2.39. The molecule has 1 saturated heterocycles. The Morgan fingerprint density at radius 2 is 1.93 bits per heavy atom. The zero-order valence-corrected chi connectivity index (χ0v) is 15.6. The first-order valence-corrected chi connectivity index (χ1v) is 9.58. The van der Waals surface area contributed by atoms with Crippen LogP contribution in [0.25, 0.3) is 0 Å². The molecule has 1 atom stereocenters. The van der Waals surface area contributed by atoms with Crippen molar-refractivity contribution in [1.82, 2.24) is 14.9 Å². The van der Waals surface area contributed by atoms with Crippen LogP contribution < -0.4 is 0 Å². The maximum atomic E-state index is 13.4. The molecule has 0 aliphatic carbocycles. The van der Waals surface area contributed by atoms with Crippen molar-refractivity contribution in [3.63, 3.8) is 0 Å². The number of nitrogens with zero attached hydrogens (tertiary/aromatic N) is 3. The summed E-state index contributed by atoms with van der Waals surface area (Å²) in [5.74, 6) is 0.0289. The van der Waals surface area contributed by atoms with E-state index in [0.29, 0.717) is 18.5 Å². The number of halogens is 1. The van der Waals surface area contributed by atoms with Crippen molar-refractivity contribution in [3.05, 3.63) is 95.3 Å². The van der Waals surface area contributed by atoms with Crippen LogP contribution in [0, 0.1) is 5.82 Å². The number of piperidine rings is 1. The molecule has 1 amide bonds. The number of pyridine rings is 2. The lowest BCUT2D eigenvalue weighted by molar-refractivity contribution is 0.0705. The third-order valence-electron chi connectivity index (χ3n) is 5.16. The van der Waals surface area contributed by atoms with Gasteiger partial charge in [0.25, 0.3) is 5.91 Å². The number of benzene rings is 1. The quantitative estimate of drug-likeness (QED) is 0.686. The van der Waals surface area contributed by atoms with Gasteiger partial charge in [-0.2, -0.15) is 0 Å². The maximum Gasteiger partial charge on any atom is 0.253 e. The van der Waals surface area contributed by atoms with Gasteiger partial charge in [0.2, 0.25) is 0 Å². The van der Waals surface area contributed by atoms with E-state index in [-0.39, 0.29) is 17.6 Å². The molecule has 4 rings (SSSR count). The predicted molar refractivity (Wildman–Crippen MR) is 106 cm³/mol. The number of hydrogen-bond acceptors (Lipinski definition) is 3. The Morgan fingerprint density at radius 3 is 2.75 bits per heavy atom. The van der Waals surface area contributed by atoms with Crippen LogP contribution in [-0.4, -0.2) is 33.9 Å². The first-order valence-electron chi connectivity index (χ1n) is 9.58. The van der Waals surface area contributed by atoms with Gasteiger partial charge in [0.05, 0.1) is 0 Å². The summed E-state index contributed by atoms with van der Waals surface area (Å²) in [6.07, 6.45) is 5.85. The highest BCUT2D eigenvalue weighted by Gasteiger charge is 2.26. The molecule has 3 aromatic rings. The number of amides is 1. The molecule has 1 aromatic carbocycles. The summed E-state index contributed by atoms with van der Waals surface area (Å²) in [4.78, 5) is 23.5. The predicted octanol–water partition coefficient (Wildman–Crippen LogP) is 4.23. The Kier molecular flexibility index (Phi) is 5.42. The summed E-state index contributed by atoms with van der Waals surface area (Å²) < 4.78 is 13.4. The number of rotatable bonds is 4. The topological polar surface area (TPSA) is 46.1 Å². The SMILES string of the molecule is O=C(c1ccncc1)N1CCC[C@@H](c2cccc(Cc3cccc(F)c3)n2)C1. The highest BCUT2D eigenvalue weighted by atomic mass is 19.1. The van der Waals surface area contributed by atoms with Crippen LogP contribution in [0.4, 0.5) is 4.39 Å². The van der Waals surface area contributed by atoms with E-state index >= 15 is 0 Å². The third-order valence-corrected chi connectivity index (χ3v) is 5.16. The van der Waals surface area contributed by atoms with E-state index in [4.69, 9.17) is 4.98 Å². The Labute approximate surface area is 164 Å². The summed E-state index contributed by atoms with van der Waals surface area (Å²) in [5, 5.41) is 0. The van der Waals surface area contributed by atoms with Gasteiger partial charge in [0.1, 0.15) is 5.82 Å². The van der Waals surface area contributed by atoms with Gasteiger partial charge in [-0.25, -0.2) is 4.39 Å². The highest BCUT2D eigenvalue weighted by molar-refractivity contribution is 5.94. The van der Waals surface area contributed by atoms with Crippen molar-refractivity contribution in [1.29, 1.82) is 0 Å². The normalized spacial score (nSPS) is 16.8. The number of carbonyl (C=O) groups excluding carboxylic acids is 1. The number of likely N-dealkylation sites (tertiary alicyclic amines) is 1. The van der Waals surface area contributed by atoms with Crippen molar-refractivity contribution in [3.8, 4) is 0 Å². The molecule has 0 bridgehead atoms. The Morgan fingerprint density at radius 1 is 1.11 bits per heavy atom. The monoisotopic (exact) mass is 375 g/mol. The van der Waals surface area contributed by atoms with E-state index in [2.05, 4.69) is 4.98 Å². The Balaban J connectivity index is 1.48. The van der Waals surface area contributed by atoms with E-state index in [9.17, 15) is 9.18 Å². The van der Waals surface area contributed by atoms with E-state index in [1.807, 2.05) is 29.2 Å². The summed E-state index contributed by atoms with van der Waals surface area (Å²) in [5.41, 5.74) is 3.49. The van der Waals surface area contributed by atoms with Gasteiger partial charge in [-0.3, -0.25) is 14.8 Å². The smallest absolute Gasteiger partial charge is 0.253 e. The molecule has 0 saturated carbocycles.